The minimum Gasteiger partial charge on any atom is -1.00 e. The molecule has 0 N–H and O–H groups in total. The second kappa shape index (κ2) is 20.9. The molecule has 0 aliphatic heterocycles. The fourth-order valence-corrected chi connectivity index (χ4v) is 8.15. The first kappa shape index (κ1) is 45.7. The molecule has 0 nitrogen and oxygen atoms in total. The van der Waals surface area contributed by atoms with E-state index < -0.39 is 0 Å². The zero-order chi connectivity index (χ0) is 36.5. The van der Waals surface area contributed by atoms with Crippen molar-refractivity contribution < 1.29 is 48.7 Å². The molecule has 52 heavy (non-hydrogen) atoms. The van der Waals surface area contributed by atoms with Crippen LogP contribution in [0.4, 0.5) is 0 Å². The molecule has 276 valence electrons. The van der Waals surface area contributed by atoms with Crippen molar-refractivity contribution in [3.05, 3.63) is 159 Å². The second-order valence-electron chi connectivity index (χ2n) is 16.1. The van der Waals surface area contributed by atoms with Gasteiger partial charge in [0.25, 0.3) is 0 Å². The SMILES string of the molecule is CCCCc1ccc([C](=[Hf+2])c2ccc(CCCC)cc2)cc1.Cc1[c-]c2c(cc1C(C)(C)C)-c1cc(C(C)(C)C)c(C)cc1C2.[Cl-].[Cl-].c1cc[cH-]c1. The van der Waals surface area contributed by atoms with Crippen LogP contribution in [0.15, 0.2) is 97.1 Å². The number of unbranched alkanes of at least 4 members (excludes halogenated alkanes) is 2. The monoisotopic (exact) mass is 898 g/mol. The Morgan fingerprint density at radius 2 is 1.13 bits per heavy atom. The molecule has 6 rings (SSSR count). The zero-order valence-corrected chi connectivity index (χ0v) is 38.5. The number of benzene rings is 4. The summed E-state index contributed by atoms with van der Waals surface area (Å²) >= 11 is 1.08. The molecule has 0 amide bonds. The van der Waals surface area contributed by atoms with Gasteiger partial charge in [-0.1, -0.05) is 71.6 Å². The molecule has 5 aromatic rings. The molecular formula is C49H60Cl2Hf-2. The van der Waals surface area contributed by atoms with Crippen LogP contribution in [0.5, 0.6) is 0 Å². The van der Waals surface area contributed by atoms with Crippen LogP contribution < -0.4 is 24.8 Å². The number of rotatable bonds is 8. The maximum atomic E-state index is 3.69. The molecule has 3 heteroatoms. The van der Waals surface area contributed by atoms with Crippen LogP contribution >= 0.6 is 0 Å². The van der Waals surface area contributed by atoms with E-state index in [9.17, 15) is 0 Å². The van der Waals surface area contributed by atoms with Crippen LogP contribution in [-0.2, 0) is 54.0 Å². The summed E-state index contributed by atoms with van der Waals surface area (Å²) in [6.07, 6.45) is 8.56. The molecular weight excluding hydrogens is 838 g/mol. The molecule has 1 aliphatic rings. The third-order valence-electron chi connectivity index (χ3n) is 9.76. The van der Waals surface area contributed by atoms with Crippen LogP contribution in [0.1, 0.15) is 137 Å². The third-order valence-corrected chi connectivity index (χ3v) is 11.8. The van der Waals surface area contributed by atoms with Crippen LogP contribution in [0.25, 0.3) is 11.1 Å². The topological polar surface area (TPSA) is 0 Å². The first-order valence-corrected chi connectivity index (χ1v) is 20.7. The Bertz CT molecular complexity index is 1680. The van der Waals surface area contributed by atoms with E-state index in [0.29, 0.717) is 0 Å². The molecule has 0 spiro atoms. The average Bonchev–Trinajstić information content (AvgIpc) is 3.77. The fraction of sp³-hybridized carbons (Fsp3) is 0.388. The van der Waals surface area contributed by atoms with E-state index in [-0.39, 0.29) is 35.6 Å². The summed E-state index contributed by atoms with van der Waals surface area (Å²) in [4.78, 5) is 0. The van der Waals surface area contributed by atoms with Crippen LogP contribution in [0, 0.1) is 19.9 Å². The quantitative estimate of drug-likeness (QED) is 0.112. The smallest absolute Gasteiger partial charge is 0.0129 e. The van der Waals surface area contributed by atoms with Gasteiger partial charge in [-0.25, -0.2) is 12.1 Å². The molecule has 0 fully saturated rings. The largest absolute Gasteiger partial charge is 1.00 e. The zero-order valence-electron chi connectivity index (χ0n) is 33.4. The van der Waals surface area contributed by atoms with Crippen LogP contribution in [0.2, 0.25) is 0 Å². The molecule has 0 aromatic heterocycles. The summed E-state index contributed by atoms with van der Waals surface area (Å²) < 4.78 is 1.50. The Balaban J connectivity index is 0.000000307. The van der Waals surface area contributed by atoms with E-state index in [1.54, 1.807) is 0 Å². The van der Waals surface area contributed by atoms with Gasteiger partial charge in [-0.2, -0.15) is 35.9 Å². The number of hydrogen-bond donors (Lipinski definition) is 0. The molecule has 0 bridgehead atoms. The Morgan fingerprint density at radius 3 is 1.54 bits per heavy atom. The van der Waals surface area contributed by atoms with Crippen molar-refractivity contribution in [2.24, 2.45) is 0 Å². The third kappa shape index (κ3) is 12.6. The number of halogens is 2. The predicted octanol–water partition coefficient (Wildman–Crippen LogP) is 7.17. The minimum atomic E-state index is 0. The van der Waals surface area contributed by atoms with Crippen LogP contribution in [-0.4, -0.2) is 3.26 Å². The standard InChI is InChI=1S/C23H29.C21H26.C5H5.2ClH.Hf/c1-14-9-16-11-17-10-15(2)21(23(6,7)8)13-19(17)18(16)12-20(14)22(3,4)5;1-3-5-7-18-9-13-20(14-10-18)17-21-15-11-19(12-16-21)8-6-4-2;1-2-4-5-3-1;;;/h9,12-13H,11H2,1-8H3;9-16H,3-8H2,1-2H3;1-5H;2*1H;/q-1;;-1;;;+2/p-2. The van der Waals surface area contributed by atoms with Crippen molar-refractivity contribution in [3.8, 4) is 11.1 Å². The van der Waals surface area contributed by atoms with Crippen molar-refractivity contribution in [2.45, 2.75) is 125 Å². The van der Waals surface area contributed by atoms with Gasteiger partial charge in [0, 0.05) is 0 Å². The Kier molecular flexibility index (Phi) is 18.3. The van der Waals surface area contributed by atoms with Gasteiger partial charge in [-0.15, -0.1) is 16.7 Å². The molecule has 0 radical (unpaired) electrons. The number of hydrogen-bond acceptors (Lipinski definition) is 0. The maximum Gasteiger partial charge on any atom is -0.0129 e. The summed E-state index contributed by atoms with van der Waals surface area (Å²) in [5.41, 5.74) is 17.3. The van der Waals surface area contributed by atoms with Gasteiger partial charge < -0.3 is 24.8 Å². The molecule has 1 aliphatic carbocycles. The maximum absolute atomic E-state index is 3.69. The van der Waals surface area contributed by atoms with Crippen molar-refractivity contribution in [2.75, 3.05) is 0 Å². The van der Waals surface area contributed by atoms with E-state index in [1.165, 1.54) is 109 Å². The first-order chi connectivity index (χ1) is 23.7. The number of aryl methyl sites for hydroxylation is 4. The molecule has 0 atom stereocenters. The summed E-state index contributed by atoms with van der Waals surface area (Å²) in [5.74, 6) is 0. The van der Waals surface area contributed by atoms with Gasteiger partial charge in [-0.05, 0) is 35.4 Å². The summed E-state index contributed by atoms with van der Waals surface area (Å²) in [7, 11) is 0. The van der Waals surface area contributed by atoms with Gasteiger partial charge in [0.2, 0.25) is 0 Å². The Hall–Kier alpha value is -2.45. The van der Waals surface area contributed by atoms with Gasteiger partial charge >= 0.3 is 150 Å². The number of fused-ring (bicyclic) bond motifs is 3. The van der Waals surface area contributed by atoms with Gasteiger partial charge in [-0.3, -0.25) is 0 Å². The summed E-state index contributed by atoms with van der Waals surface area (Å²) in [5, 5.41) is 0. The predicted molar refractivity (Wildman–Crippen MR) is 216 cm³/mol. The molecule has 0 unspecified atom stereocenters. The minimum absolute atomic E-state index is 0. The normalized spacial score (nSPS) is 11.5. The van der Waals surface area contributed by atoms with E-state index in [0.717, 1.165) is 30.3 Å². The van der Waals surface area contributed by atoms with Gasteiger partial charge in [0.05, 0.1) is 0 Å². The molecule has 0 heterocycles. The van der Waals surface area contributed by atoms with E-state index in [4.69, 9.17) is 0 Å². The molecule has 0 saturated carbocycles. The Labute approximate surface area is 344 Å². The van der Waals surface area contributed by atoms with Crippen molar-refractivity contribution >= 4 is 3.26 Å². The van der Waals surface area contributed by atoms with E-state index >= 15 is 0 Å². The summed E-state index contributed by atoms with van der Waals surface area (Å²) in [6, 6.07) is 39.4. The summed E-state index contributed by atoms with van der Waals surface area (Å²) in [6.45, 7) is 22.8. The van der Waals surface area contributed by atoms with E-state index in [2.05, 4.69) is 142 Å². The molecule has 5 aromatic carbocycles. The van der Waals surface area contributed by atoms with Crippen LogP contribution in [0.3, 0.4) is 0 Å². The van der Waals surface area contributed by atoms with E-state index in [1.807, 2.05) is 30.3 Å². The second-order valence-corrected chi connectivity index (χ2v) is 17.9. The first-order valence-electron chi connectivity index (χ1n) is 18.9. The van der Waals surface area contributed by atoms with Crippen molar-refractivity contribution in [1.29, 1.82) is 0 Å². The molecule has 0 saturated heterocycles. The van der Waals surface area contributed by atoms with Gasteiger partial charge in [0.15, 0.2) is 0 Å². The Morgan fingerprint density at radius 1 is 0.673 bits per heavy atom. The average molecular weight is 898 g/mol. The van der Waals surface area contributed by atoms with Crippen molar-refractivity contribution in [3.63, 3.8) is 0 Å². The van der Waals surface area contributed by atoms with Gasteiger partial charge in [0.1, 0.15) is 0 Å². The fourth-order valence-electron chi connectivity index (χ4n) is 6.95. The van der Waals surface area contributed by atoms with Crippen molar-refractivity contribution in [1.82, 2.24) is 0 Å².